The third-order valence-corrected chi connectivity index (χ3v) is 4.56. The van der Waals surface area contributed by atoms with Crippen molar-refractivity contribution in [3.63, 3.8) is 0 Å². The highest BCUT2D eigenvalue weighted by Gasteiger charge is 2.29. The van der Waals surface area contributed by atoms with E-state index in [1.165, 1.54) is 0 Å². The van der Waals surface area contributed by atoms with Crippen molar-refractivity contribution in [2.75, 3.05) is 31.6 Å². The van der Waals surface area contributed by atoms with Crippen molar-refractivity contribution in [1.82, 2.24) is 10.2 Å². The Kier molecular flexibility index (Phi) is 6.02. The number of carbonyl (C=O) groups excluding carboxylic acids is 2. The Morgan fingerprint density at radius 3 is 2.83 bits per heavy atom. The zero-order valence-electron chi connectivity index (χ0n) is 13.5. The van der Waals surface area contributed by atoms with Crippen LogP contribution in [0.1, 0.15) is 36.0 Å². The number of hydrogen-bond acceptors (Lipinski definition) is 3. The normalized spacial score (nSPS) is 20.7. The third kappa shape index (κ3) is 3.67. The lowest BCUT2D eigenvalue weighted by molar-refractivity contribution is -0.117. The van der Waals surface area contributed by atoms with Gasteiger partial charge in [-0.3, -0.25) is 9.59 Å². The van der Waals surface area contributed by atoms with Gasteiger partial charge >= 0.3 is 0 Å². The first-order valence-corrected chi connectivity index (χ1v) is 8.06. The average molecular weight is 338 g/mol. The van der Waals surface area contributed by atoms with Crippen molar-refractivity contribution in [1.29, 1.82) is 0 Å². The summed E-state index contributed by atoms with van der Waals surface area (Å²) in [6.45, 7) is 2.40. The Bertz CT molecular complexity index is 579. The molecule has 5 nitrogen and oxygen atoms in total. The molecule has 2 saturated heterocycles. The summed E-state index contributed by atoms with van der Waals surface area (Å²) in [4.78, 5) is 28.4. The van der Waals surface area contributed by atoms with Crippen LogP contribution in [0.3, 0.4) is 0 Å². The number of benzene rings is 1. The highest BCUT2D eigenvalue weighted by Crippen LogP contribution is 2.25. The van der Waals surface area contributed by atoms with Gasteiger partial charge in [0.2, 0.25) is 5.91 Å². The molecule has 23 heavy (non-hydrogen) atoms. The molecular weight excluding hydrogens is 314 g/mol. The molecule has 6 heteroatoms. The van der Waals surface area contributed by atoms with E-state index < -0.39 is 0 Å². The van der Waals surface area contributed by atoms with E-state index in [0.717, 1.165) is 44.6 Å². The largest absolute Gasteiger partial charge is 0.334 e. The average Bonchev–Trinajstić information content (AvgIpc) is 3.16. The maximum atomic E-state index is 12.8. The van der Waals surface area contributed by atoms with E-state index in [0.29, 0.717) is 12.0 Å². The summed E-state index contributed by atoms with van der Waals surface area (Å²) < 4.78 is 0. The Morgan fingerprint density at radius 1 is 1.30 bits per heavy atom. The summed E-state index contributed by atoms with van der Waals surface area (Å²) in [6.07, 6.45) is 3.61. The number of amides is 2. The van der Waals surface area contributed by atoms with Crippen LogP contribution in [0.4, 0.5) is 5.69 Å². The molecule has 2 fully saturated rings. The van der Waals surface area contributed by atoms with Crippen molar-refractivity contribution in [3.05, 3.63) is 29.8 Å². The molecule has 0 spiro atoms. The van der Waals surface area contributed by atoms with Crippen LogP contribution in [-0.4, -0.2) is 49.4 Å². The summed E-state index contributed by atoms with van der Waals surface area (Å²) in [5, 5.41) is 3.16. The van der Waals surface area contributed by atoms with E-state index in [2.05, 4.69) is 5.32 Å². The highest BCUT2D eigenvalue weighted by molar-refractivity contribution is 5.99. The number of likely N-dealkylation sites (N-methyl/N-ethyl adjacent to an activating group) is 1. The van der Waals surface area contributed by atoms with E-state index in [1.807, 2.05) is 36.2 Å². The number of anilines is 1. The van der Waals surface area contributed by atoms with E-state index in [1.54, 1.807) is 4.90 Å². The lowest BCUT2D eigenvalue weighted by Crippen LogP contribution is -2.40. The van der Waals surface area contributed by atoms with E-state index in [4.69, 9.17) is 0 Å². The lowest BCUT2D eigenvalue weighted by Gasteiger charge is -2.25. The number of nitrogens with one attached hydrogen (secondary N) is 1. The second kappa shape index (κ2) is 7.79. The van der Waals surface area contributed by atoms with Crippen molar-refractivity contribution in [3.8, 4) is 0 Å². The topological polar surface area (TPSA) is 52.7 Å². The molecule has 0 aromatic heterocycles. The first-order chi connectivity index (χ1) is 10.7. The smallest absolute Gasteiger partial charge is 0.254 e. The fourth-order valence-corrected chi connectivity index (χ4v) is 3.44. The molecule has 126 valence electrons. The number of carbonyl (C=O) groups is 2. The van der Waals surface area contributed by atoms with Gasteiger partial charge in [-0.1, -0.05) is 6.07 Å². The van der Waals surface area contributed by atoms with Crippen molar-refractivity contribution < 1.29 is 9.59 Å². The maximum absolute atomic E-state index is 12.8. The first kappa shape index (κ1) is 17.8. The van der Waals surface area contributed by atoms with Gasteiger partial charge in [-0.15, -0.1) is 12.4 Å². The number of hydrogen-bond donors (Lipinski definition) is 1. The highest BCUT2D eigenvalue weighted by atomic mass is 35.5. The quantitative estimate of drug-likeness (QED) is 0.915. The van der Waals surface area contributed by atoms with Crippen LogP contribution in [0.2, 0.25) is 0 Å². The molecule has 0 saturated carbocycles. The van der Waals surface area contributed by atoms with Gasteiger partial charge < -0.3 is 15.1 Å². The molecule has 2 aliphatic rings. The molecule has 1 aromatic rings. The lowest BCUT2D eigenvalue weighted by atomic mass is 10.1. The number of nitrogens with zero attached hydrogens (tertiary/aromatic N) is 2. The molecule has 1 atom stereocenters. The van der Waals surface area contributed by atoms with Gasteiger partial charge in [-0.2, -0.15) is 0 Å². The van der Waals surface area contributed by atoms with Crippen molar-refractivity contribution in [2.24, 2.45) is 0 Å². The minimum Gasteiger partial charge on any atom is -0.334 e. The second-order valence-corrected chi connectivity index (χ2v) is 6.05. The van der Waals surface area contributed by atoms with Gasteiger partial charge in [0.1, 0.15) is 0 Å². The SMILES string of the molecule is CNCC1CCCN1C(=O)c1cccc(N2CCCC2=O)c1.Cl. The monoisotopic (exact) mass is 337 g/mol. The predicted molar refractivity (Wildman–Crippen MR) is 93.3 cm³/mol. The third-order valence-electron chi connectivity index (χ3n) is 4.56. The van der Waals surface area contributed by atoms with Gasteiger partial charge in [0.25, 0.3) is 5.91 Å². The number of likely N-dealkylation sites (tertiary alicyclic amines) is 1. The Balaban J connectivity index is 0.00000192. The minimum absolute atomic E-state index is 0. The maximum Gasteiger partial charge on any atom is 0.254 e. The molecule has 2 amide bonds. The molecule has 1 N–H and O–H groups in total. The van der Waals surface area contributed by atoms with Gasteiger partial charge in [-0.25, -0.2) is 0 Å². The van der Waals surface area contributed by atoms with Crippen LogP contribution in [-0.2, 0) is 4.79 Å². The van der Waals surface area contributed by atoms with Crippen LogP contribution in [0, 0.1) is 0 Å². The Hall–Kier alpha value is -1.59. The Morgan fingerprint density at radius 2 is 2.13 bits per heavy atom. The molecule has 0 bridgehead atoms. The minimum atomic E-state index is 0. The van der Waals surface area contributed by atoms with Crippen LogP contribution in [0.15, 0.2) is 24.3 Å². The van der Waals surface area contributed by atoms with E-state index >= 15 is 0 Å². The fourth-order valence-electron chi connectivity index (χ4n) is 3.44. The number of rotatable bonds is 4. The molecule has 0 aliphatic carbocycles. The summed E-state index contributed by atoms with van der Waals surface area (Å²) in [5.41, 5.74) is 1.53. The van der Waals surface area contributed by atoms with Crippen molar-refractivity contribution in [2.45, 2.75) is 31.7 Å². The summed E-state index contributed by atoms with van der Waals surface area (Å²) >= 11 is 0. The fraction of sp³-hybridized carbons (Fsp3) is 0.529. The summed E-state index contributed by atoms with van der Waals surface area (Å²) in [7, 11) is 1.92. The summed E-state index contributed by atoms with van der Waals surface area (Å²) in [6, 6.07) is 7.77. The van der Waals surface area contributed by atoms with Crippen molar-refractivity contribution >= 4 is 29.9 Å². The van der Waals surface area contributed by atoms with Crippen LogP contribution in [0.25, 0.3) is 0 Å². The first-order valence-electron chi connectivity index (χ1n) is 8.06. The molecule has 2 heterocycles. The molecule has 3 rings (SSSR count). The van der Waals surface area contributed by atoms with Gasteiger partial charge in [0.05, 0.1) is 0 Å². The Labute approximate surface area is 143 Å². The van der Waals surface area contributed by atoms with E-state index in [9.17, 15) is 9.59 Å². The van der Waals surface area contributed by atoms with Crippen LogP contribution >= 0.6 is 12.4 Å². The van der Waals surface area contributed by atoms with Crippen LogP contribution < -0.4 is 10.2 Å². The van der Waals surface area contributed by atoms with Gasteiger partial charge in [-0.05, 0) is 44.5 Å². The molecule has 0 radical (unpaired) electrons. The van der Waals surface area contributed by atoms with Gasteiger partial charge in [0.15, 0.2) is 0 Å². The zero-order valence-corrected chi connectivity index (χ0v) is 14.3. The summed E-state index contributed by atoms with van der Waals surface area (Å²) in [5.74, 6) is 0.227. The zero-order chi connectivity index (χ0) is 15.5. The van der Waals surface area contributed by atoms with Crippen LogP contribution in [0.5, 0.6) is 0 Å². The molecule has 1 aromatic carbocycles. The predicted octanol–water partition coefficient (Wildman–Crippen LogP) is 2.06. The molecular formula is C17H24ClN3O2. The number of halogens is 1. The molecule has 1 unspecified atom stereocenters. The second-order valence-electron chi connectivity index (χ2n) is 6.05. The van der Waals surface area contributed by atoms with E-state index in [-0.39, 0.29) is 30.3 Å². The molecule has 2 aliphatic heterocycles. The standard InChI is InChI=1S/C17H23N3O2.ClH/c1-18-12-15-7-3-10-20(15)17(22)13-5-2-6-14(11-13)19-9-4-8-16(19)21;/h2,5-6,11,15,18H,3-4,7-10,12H2,1H3;1H. The van der Waals surface area contributed by atoms with Gasteiger partial charge in [0, 0.05) is 43.3 Å².